The highest BCUT2D eigenvalue weighted by atomic mass is 32.2. The zero-order valence-corrected chi connectivity index (χ0v) is 8.47. The zero-order valence-electron chi connectivity index (χ0n) is 7.65. The lowest BCUT2D eigenvalue weighted by Crippen LogP contribution is -2.10. The van der Waals surface area contributed by atoms with Gasteiger partial charge in [0, 0.05) is 11.4 Å². The summed E-state index contributed by atoms with van der Waals surface area (Å²) in [6.45, 7) is 3.82. The van der Waals surface area contributed by atoms with Crippen LogP contribution in [0.1, 0.15) is 13.8 Å². The first-order valence-corrected chi connectivity index (χ1v) is 5.19. The smallest absolute Gasteiger partial charge is 0.139 e. The van der Waals surface area contributed by atoms with Gasteiger partial charge in [0.1, 0.15) is 5.82 Å². The second-order valence-electron chi connectivity index (χ2n) is 2.87. The fourth-order valence-electron chi connectivity index (χ4n) is 0.857. The largest absolute Gasteiger partial charge is 0.308 e. The standard InChI is InChI=1S/C8H13N3OS/c1-6(2)13(12)7-3-4-8(11-9)10-5-7/h3-6H,9H2,1-2H3,(H,10,11)/t13-/m0/s1. The third kappa shape index (κ3) is 2.50. The summed E-state index contributed by atoms with van der Waals surface area (Å²) >= 11 is 0. The van der Waals surface area contributed by atoms with Crippen molar-refractivity contribution in [3.8, 4) is 0 Å². The maximum absolute atomic E-state index is 11.6. The lowest BCUT2D eigenvalue weighted by molar-refractivity contribution is 0.676. The molecule has 1 aromatic heterocycles. The summed E-state index contributed by atoms with van der Waals surface area (Å²) in [5.74, 6) is 5.72. The van der Waals surface area contributed by atoms with Crippen LogP contribution in [0.4, 0.5) is 5.82 Å². The molecule has 1 rings (SSSR count). The molecule has 0 fully saturated rings. The number of anilines is 1. The van der Waals surface area contributed by atoms with Gasteiger partial charge in [-0.25, -0.2) is 10.8 Å². The van der Waals surface area contributed by atoms with Gasteiger partial charge in [-0.15, -0.1) is 0 Å². The van der Waals surface area contributed by atoms with Crippen molar-refractivity contribution in [2.75, 3.05) is 5.43 Å². The Morgan fingerprint density at radius 2 is 2.23 bits per heavy atom. The van der Waals surface area contributed by atoms with Crippen molar-refractivity contribution < 1.29 is 4.21 Å². The van der Waals surface area contributed by atoms with E-state index in [0.29, 0.717) is 5.82 Å². The second-order valence-corrected chi connectivity index (χ2v) is 4.88. The summed E-state index contributed by atoms with van der Waals surface area (Å²) in [6, 6.07) is 3.47. The third-order valence-electron chi connectivity index (χ3n) is 1.54. The summed E-state index contributed by atoms with van der Waals surface area (Å²) in [5, 5.41) is 0.110. The first-order valence-electron chi connectivity index (χ1n) is 3.98. The predicted octanol–water partition coefficient (Wildman–Crippen LogP) is 0.883. The van der Waals surface area contributed by atoms with Crippen molar-refractivity contribution >= 4 is 16.6 Å². The first kappa shape index (κ1) is 10.1. The summed E-state index contributed by atoms with van der Waals surface area (Å²) in [4.78, 5) is 4.70. The van der Waals surface area contributed by atoms with Crippen LogP contribution in [0.25, 0.3) is 0 Å². The first-order chi connectivity index (χ1) is 6.15. The summed E-state index contributed by atoms with van der Waals surface area (Å²) in [6.07, 6.45) is 1.57. The summed E-state index contributed by atoms with van der Waals surface area (Å²) < 4.78 is 11.6. The maximum atomic E-state index is 11.6. The molecule has 0 aliphatic rings. The van der Waals surface area contributed by atoms with Gasteiger partial charge in [0.15, 0.2) is 0 Å². The molecule has 0 aliphatic carbocycles. The van der Waals surface area contributed by atoms with Gasteiger partial charge in [-0.3, -0.25) is 4.21 Å². The van der Waals surface area contributed by atoms with Crippen molar-refractivity contribution in [3.63, 3.8) is 0 Å². The number of nitrogens with zero attached hydrogens (tertiary/aromatic N) is 1. The van der Waals surface area contributed by atoms with Crippen molar-refractivity contribution in [2.24, 2.45) is 5.84 Å². The van der Waals surface area contributed by atoms with Crippen LogP contribution in [0.2, 0.25) is 0 Å². The molecule has 0 bridgehead atoms. The molecule has 1 heterocycles. The molecule has 4 nitrogen and oxygen atoms in total. The van der Waals surface area contributed by atoms with Gasteiger partial charge in [0.2, 0.25) is 0 Å². The molecule has 1 atom stereocenters. The molecule has 3 N–H and O–H groups in total. The Balaban J connectivity index is 2.86. The Hall–Kier alpha value is -0.940. The highest BCUT2D eigenvalue weighted by Crippen LogP contribution is 2.11. The molecular formula is C8H13N3OS. The maximum Gasteiger partial charge on any atom is 0.139 e. The molecule has 72 valence electrons. The highest BCUT2D eigenvalue weighted by Gasteiger charge is 2.07. The Bertz CT molecular complexity index is 297. The monoisotopic (exact) mass is 199 g/mol. The lowest BCUT2D eigenvalue weighted by atomic mass is 10.5. The molecule has 0 radical (unpaired) electrons. The number of aromatic nitrogens is 1. The van der Waals surface area contributed by atoms with E-state index >= 15 is 0 Å². The van der Waals surface area contributed by atoms with Gasteiger partial charge < -0.3 is 5.43 Å². The van der Waals surface area contributed by atoms with E-state index in [-0.39, 0.29) is 5.25 Å². The Morgan fingerprint density at radius 1 is 1.54 bits per heavy atom. The number of hydrogen-bond acceptors (Lipinski definition) is 4. The molecule has 0 spiro atoms. The van der Waals surface area contributed by atoms with Crippen LogP contribution < -0.4 is 11.3 Å². The van der Waals surface area contributed by atoms with Crippen molar-refractivity contribution in [1.82, 2.24) is 4.98 Å². The van der Waals surface area contributed by atoms with Gasteiger partial charge in [-0.1, -0.05) is 13.8 Å². The number of rotatable bonds is 3. The Kier molecular flexibility index (Phi) is 3.39. The van der Waals surface area contributed by atoms with E-state index in [1.54, 1.807) is 18.3 Å². The van der Waals surface area contributed by atoms with Crippen LogP contribution in [0.5, 0.6) is 0 Å². The van der Waals surface area contributed by atoms with Crippen LogP contribution >= 0.6 is 0 Å². The number of hydrazine groups is 1. The highest BCUT2D eigenvalue weighted by molar-refractivity contribution is 7.85. The molecule has 0 saturated heterocycles. The van der Waals surface area contributed by atoms with E-state index in [2.05, 4.69) is 10.4 Å². The van der Waals surface area contributed by atoms with E-state index in [4.69, 9.17) is 5.84 Å². The Morgan fingerprint density at radius 3 is 2.62 bits per heavy atom. The molecule has 1 aromatic rings. The summed E-state index contributed by atoms with van der Waals surface area (Å²) in [5.41, 5.74) is 2.41. The van der Waals surface area contributed by atoms with Crippen molar-refractivity contribution in [2.45, 2.75) is 24.0 Å². The second kappa shape index (κ2) is 4.34. The van der Waals surface area contributed by atoms with E-state index in [0.717, 1.165) is 4.90 Å². The quantitative estimate of drug-likeness (QED) is 0.560. The fourth-order valence-corrected chi connectivity index (χ4v) is 1.76. The van der Waals surface area contributed by atoms with Gasteiger partial charge >= 0.3 is 0 Å². The minimum atomic E-state index is -0.976. The SMILES string of the molecule is CC(C)[S@](=O)c1ccc(NN)nc1. The van der Waals surface area contributed by atoms with Crippen LogP contribution in [0.3, 0.4) is 0 Å². The average Bonchev–Trinajstić information content (AvgIpc) is 2.17. The van der Waals surface area contributed by atoms with Crippen LogP contribution in [0, 0.1) is 0 Å². The van der Waals surface area contributed by atoms with E-state index < -0.39 is 10.8 Å². The van der Waals surface area contributed by atoms with Gasteiger partial charge in [-0.2, -0.15) is 0 Å². The number of nitrogens with one attached hydrogen (secondary N) is 1. The molecule has 13 heavy (non-hydrogen) atoms. The molecule has 0 aromatic carbocycles. The number of nitrogen functional groups attached to an aromatic ring is 1. The zero-order chi connectivity index (χ0) is 9.84. The van der Waals surface area contributed by atoms with Crippen LogP contribution in [-0.2, 0) is 10.8 Å². The van der Waals surface area contributed by atoms with E-state index in [9.17, 15) is 4.21 Å². The number of hydrogen-bond donors (Lipinski definition) is 2. The van der Waals surface area contributed by atoms with Gasteiger partial charge in [-0.05, 0) is 12.1 Å². The van der Waals surface area contributed by atoms with Crippen LogP contribution in [0.15, 0.2) is 23.2 Å². The molecule has 0 amide bonds. The lowest BCUT2D eigenvalue weighted by Gasteiger charge is -2.05. The Labute approximate surface area is 80.0 Å². The predicted molar refractivity (Wildman–Crippen MR) is 53.6 cm³/mol. The van der Waals surface area contributed by atoms with Gasteiger partial charge in [0.25, 0.3) is 0 Å². The van der Waals surface area contributed by atoms with Crippen molar-refractivity contribution in [3.05, 3.63) is 18.3 Å². The average molecular weight is 199 g/mol. The molecule has 0 unspecified atom stereocenters. The fraction of sp³-hybridized carbons (Fsp3) is 0.375. The molecule has 5 heteroatoms. The number of nitrogens with two attached hydrogens (primary N) is 1. The molecular weight excluding hydrogens is 186 g/mol. The third-order valence-corrected chi connectivity index (χ3v) is 3.11. The van der Waals surface area contributed by atoms with Crippen LogP contribution in [-0.4, -0.2) is 14.4 Å². The number of pyridine rings is 1. The van der Waals surface area contributed by atoms with E-state index in [1.165, 1.54) is 0 Å². The van der Waals surface area contributed by atoms with Crippen molar-refractivity contribution in [1.29, 1.82) is 0 Å². The minimum absolute atomic E-state index is 0.110. The van der Waals surface area contributed by atoms with Gasteiger partial charge in [0.05, 0.1) is 15.7 Å². The minimum Gasteiger partial charge on any atom is -0.308 e. The normalized spacial score (nSPS) is 12.9. The molecule has 0 aliphatic heterocycles. The van der Waals surface area contributed by atoms with E-state index in [1.807, 2.05) is 13.8 Å². The summed E-state index contributed by atoms with van der Waals surface area (Å²) in [7, 11) is -0.976. The molecule has 0 saturated carbocycles. The topological polar surface area (TPSA) is 68.0 Å².